The smallest absolute Gasteiger partial charge is 0.320 e. The molecule has 0 saturated heterocycles. The average molecular weight is 292 g/mol. The molecule has 0 aromatic carbocycles. The molecule has 3 nitrogen and oxygen atoms in total. The van der Waals surface area contributed by atoms with Gasteiger partial charge >= 0.3 is 5.97 Å². The Bertz CT molecular complexity index is 227. The van der Waals surface area contributed by atoms with Gasteiger partial charge in [-0.1, -0.05) is 22.9 Å². The summed E-state index contributed by atoms with van der Waals surface area (Å²) in [5.41, 5.74) is 0. The van der Waals surface area contributed by atoms with E-state index in [1.54, 1.807) is 0 Å². The number of halogens is 1. The zero-order valence-electron chi connectivity index (χ0n) is 10.4. The van der Waals surface area contributed by atoms with Gasteiger partial charge in [0, 0.05) is 12.6 Å². The molecule has 94 valence electrons. The van der Waals surface area contributed by atoms with Gasteiger partial charge in [0.05, 0.1) is 7.11 Å². The Hall–Kier alpha value is -0.0900. The van der Waals surface area contributed by atoms with Gasteiger partial charge in [-0.15, -0.1) is 0 Å². The topological polar surface area (TPSA) is 29.5 Å². The van der Waals surface area contributed by atoms with E-state index in [2.05, 4.69) is 34.8 Å². The highest BCUT2D eigenvalue weighted by atomic mass is 79.9. The highest BCUT2D eigenvalue weighted by molar-refractivity contribution is 9.10. The summed E-state index contributed by atoms with van der Waals surface area (Å²) >= 11 is 3.37. The van der Waals surface area contributed by atoms with Gasteiger partial charge in [0.2, 0.25) is 0 Å². The zero-order valence-corrected chi connectivity index (χ0v) is 12.0. The third-order valence-corrected chi connectivity index (χ3v) is 4.18. The predicted molar refractivity (Wildman–Crippen MR) is 68.8 cm³/mol. The fraction of sp³-hybridized carbons (Fsp3) is 0.917. The van der Waals surface area contributed by atoms with Crippen molar-refractivity contribution in [2.75, 3.05) is 20.7 Å². The number of carbonyl (C=O) groups is 1. The van der Waals surface area contributed by atoms with Crippen molar-refractivity contribution < 1.29 is 9.53 Å². The number of carbonyl (C=O) groups excluding carboxylic acids is 1. The van der Waals surface area contributed by atoms with Crippen LogP contribution in [0.15, 0.2) is 0 Å². The predicted octanol–water partition coefficient (Wildman–Crippen LogP) is 2.43. The van der Waals surface area contributed by atoms with E-state index < -0.39 is 0 Å². The monoisotopic (exact) mass is 291 g/mol. The Morgan fingerprint density at radius 3 is 2.50 bits per heavy atom. The lowest BCUT2D eigenvalue weighted by Gasteiger charge is -2.34. The standard InChI is InChI=1S/C12H22BrNO2/c1-9-4-6-10(7-5-9)14(2)8-11(13)12(15)16-3/h9-11H,4-8H2,1-3H3. The molecule has 1 aliphatic carbocycles. The molecule has 1 aliphatic rings. The average Bonchev–Trinajstić information content (AvgIpc) is 2.28. The summed E-state index contributed by atoms with van der Waals surface area (Å²) < 4.78 is 4.70. The van der Waals surface area contributed by atoms with Crippen LogP contribution in [-0.4, -0.2) is 42.4 Å². The second kappa shape index (κ2) is 6.60. The number of alkyl halides is 1. The fourth-order valence-electron chi connectivity index (χ4n) is 2.29. The maximum absolute atomic E-state index is 11.3. The Morgan fingerprint density at radius 1 is 1.44 bits per heavy atom. The Labute approximate surface area is 107 Å². The minimum Gasteiger partial charge on any atom is -0.468 e. The van der Waals surface area contributed by atoms with Gasteiger partial charge in [0.15, 0.2) is 0 Å². The van der Waals surface area contributed by atoms with Crippen molar-refractivity contribution in [3.8, 4) is 0 Å². The molecule has 0 N–H and O–H groups in total. The summed E-state index contributed by atoms with van der Waals surface area (Å²) in [7, 11) is 3.52. The van der Waals surface area contributed by atoms with Crippen molar-refractivity contribution in [3.05, 3.63) is 0 Å². The van der Waals surface area contributed by atoms with E-state index in [9.17, 15) is 4.79 Å². The van der Waals surface area contributed by atoms with Gasteiger partial charge in [-0.25, -0.2) is 0 Å². The molecular formula is C12H22BrNO2. The number of nitrogens with zero attached hydrogens (tertiary/aromatic N) is 1. The van der Waals surface area contributed by atoms with Crippen molar-refractivity contribution >= 4 is 21.9 Å². The van der Waals surface area contributed by atoms with E-state index in [1.807, 2.05) is 0 Å². The van der Waals surface area contributed by atoms with Crippen molar-refractivity contribution in [2.24, 2.45) is 5.92 Å². The lowest BCUT2D eigenvalue weighted by Crippen LogP contribution is -2.40. The Morgan fingerprint density at radius 2 is 2.00 bits per heavy atom. The number of hydrogen-bond donors (Lipinski definition) is 0. The normalized spacial score (nSPS) is 27.8. The quantitative estimate of drug-likeness (QED) is 0.589. The molecule has 1 saturated carbocycles. The molecule has 4 heteroatoms. The van der Waals surface area contributed by atoms with E-state index in [0.29, 0.717) is 6.04 Å². The van der Waals surface area contributed by atoms with E-state index in [-0.39, 0.29) is 10.8 Å². The van der Waals surface area contributed by atoms with Crippen molar-refractivity contribution in [3.63, 3.8) is 0 Å². The molecule has 1 fully saturated rings. The van der Waals surface area contributed by atoms with Crippen molar-refractivity contribution in [2.45, 2.75) is 43.5 Å². The number of hydrogen-bond acceptors (Lipinski definition) is 3. The minimum atomic E-state index is -0.207. The molecule has 1 unspecified atom stereocenters. The SMILES string of the molecule is COC(=O)C(Br)CN(C)C1CCC(C)CC1. The minimum absolute atomic E-state index is 0.184. The molecule has 0 bridgehead atoms. The highest BCUT2D eigenvalue weighted by Crippen LogP contribution is 2.26. The molecule has 0 aliphatic heterocycles. The molecule has 0 amide bonds. The lowest BCUT2D eigenvalue weighted by atomic mass is 9.87. The van der Waals surface area contributed by atoms with Crippen molar-refractivity contribution in [1.82, 2.24) is 4.90 Å². The number of ether oxygens (including phenoxy) is 1. The number of methoxy groups -OCH3 is 1. The van der Waals surface area contributed by atoms with Gasteiger partial charge in [-0.05, 0) is 38.6 Å². The van der Waals surface area contributed by atoms with Gasteiger partial charge in [0.1, 0.15) is 4.83 Å². The van der Waals surface area contributed by atoms with Gasteiger partial charge < -0.3 is 9.64 Å². The maximum Gasteiger partial charge on any atom is 0.320 e. The van der Waals surface area contributed by atoms with Crippen LogP contribution in [0, 0.1) is 5.92 Å². The van der Waals surface area contributed by atoms with Crippen molar-refractivity contribution in [1.29, 1.82) is 0 Å². The number of rotatable bonds is 4. The molecule has 1 rings (SSSR count). The molecule has 0 aromatic rings. The van der Waals surface area contributed by atoms with Crippen LogP contribution in [0.25, 0.3) is 0 Å². The first-order chi connectivity index (χ1) is 7.54. The van der Waals surface area contributed by atoms with Crippen LogP contribution in [0.1, 0.15) is 32.6 Å². The van der Waals surface area contributed by atoms with Gasteiger partial charge in [-0.3, -0.25) is 4.79 Å². The molecule has 0 spiro atoms. The van der Waals surface area contributed by atoms with E-state index in [4.69, 9.17) is 4.74 Å². The second-order valence-corrected chi connectivity index (χ2v) is 5.95. The largest absolute Gasteiger partial charge is 0.468 e. The molecule has 0 radical (unpaired) electrons. The summed E-state index contributed by atoms with van der Waals surface area (Å²) in [6, 6.07) is 0.626. The van der Waals surface area contributed by atoms with E-state index in [0.717, 1.165) is 12.5 Å². The number of esters is 1. The second-order valence-electron chi connectivity index (χ2n) is 4.84. The summed E-state index contributed by atoms with van der Waals surface area (Å²) in [5.74, 6) is 0.682. The summed E-state index contributed by atoms with van der Waals surface area (Å²) in [4.78, 5) is 13.4. The fourth-order valence-corrected chi connectivity index (χ4v) is 2.93. The van der Waals surface area contributed by atoms with E-state index >= 15 is 0 Å². The Balaban J connectivity index is 2.34. The molecular weight excluding hydrogens is 270 g/mol. The van der Waals surface area contributed by atoms with Crippen LogP contribution >= 0.6 is 15.9 Å². The third kappa shape index (κ3) is 4.06. The van der Waals surface area contributed by atoms with E-state index in [1.165, 1.54) is 32.8 Å². The van der Waals surface area contributed by atoms with Gasteiger partial charge in [-0.2, -0.15) is 0 Å². The molecule has 16 heavy (non-hydrogen) atoms. The zero-order chi connectivity index (χ0) is 12.1. The van der Waals surface area contributed by atoms with Crippen LogP contribution < -0.4 is 0 Å². The summed E-state index contributed by atoms with van der Waals surface area (Å²) in [6.07, 6.45) is 5.11. The first kappa shape index (κ1) is 14.0. The highest BCUT2D eigenvalue weighted by Gasteiger charge is 2.25. The van der Waals surface area contributed by atoms with Crippen LogP contribution in [-0.2, 0) is 9.53 Å². The molecule has 0 heterocycles. The molecule has 1 atom stereocenters. The maximum atomic E-state index is 11.3. The third-order valence-electron chi connectivity index (χ3n) is 3.51. The van der Waals surface area contributed by atoms with Crippen LogP contribution in [0.2, 0.25) is 0 Å². The summed E-state index contributed by atoms with van der Waals surface area (Å²) in [5, 5.41) is 0. The molecule has 0 aromatic heterocycles. The lowest BCUT2D eigenvalue weighted by molar-refractivity contribution is -0.140. The van der Waals surface area contributed by atoms with Crippen LogP contribution in [0.3, 0.4) is 0 Å². The Kier molecular flexibility index (Phi) is 5.76. The van der Waals surface area contributed by atoms with Crippen LogP contribution in [0.5, 0.6) is 0 Å². The first-order valence-corrected chi connectivity index (χ1v) is 6.88. The first-order valence-electron chi connectivity index (χ1n) is 5.96. The summed E-state index contributed by atoms with van der Waals surface area (Å²) in [6.45, 7) is 3.05. The van der Waals surface area contributed by atoms with Crippen LogP contribution in [0.4, 0.5) is 0 Å². The van der Waals surface area contributed by atoms with Gasteiger partial charge in [0.25, 0.3) is 0 Å².